The van der Waals surface area contributed by atoms with Gasteiger partial charge in [-0.15, -0.1) is 0 Å². The molecular weight excluding hydrogens is 429 g/mol. The van der Waals surface area contributed by atoms with Gasteiger partial charge in [-0.25, -0.2) is 4.39 Å². The summed E-state index contributed by atoms with van der Waals surface area (Å²) in [5.41, 5.74) is 13.3. The van der Waals surface area contributed by atoms with E-state index < -0.39 is 0 Å². The van der Waals surface area contributed by atoms with Crippen molar-refractivity contribution >= 4 is 17.5 Å². The second-order valence-corrected chi connectivity index (χ2v) is 8.91. The van der Waals surface area contributed by atoms with Crippen LogP contribution in [0, 0.1) is 11.7 Å². The van der Waals surface area contributed by atoms with E-state index in [0.29, 0.717) is 35.9 Å². The lowest BCUT2D eigenvalue weighted by molar-refractivity contribution is -0.138. The quantitative estimate of drug-likeness (QED) is 0.610. The van der Waals surface area contributed by atoms with E-state index in [9.17, 15) is 9.18 Å². The summed E-state index contributed by atoms with van der Waals surface area (Å²) >= 11 is 6.16. The molecule has 4 N–H and O–H groups in total. The van der Waals surface area contributed by atoms with E-state index in [1.165, 1.54) is 12.3 Å². The molecule has 32 heavy (non-hydrogen) atoms. The van der Waals surface area contributed by atoms with Crippen molar-refractivity contribution in [3.05, 3.63) is 70.8 Å². The molecule has 1 aromatic rings. The number of allylic oxidation sites excluding steroid dienone is 1. The third-order valence-corrected chi connectivity index (χ3v) is 6.51. The number of amides is 1. The third-order valence-electron chi connectivity index (χ3n) is 6.15. The molecule has 0 saturated carbocycles. The van der Waals surface area contributed by atoms with E-state index in [1.54, 1.807) is 12.1 Å². The zero-order valence-corrected chi connectivity index (χ0v) is 19.2. The Labute approximate surface area is 195 Å². The van der Waals surface area contributed by atoms with Gasteiger partial charge in [0.05, 0.1) is 0 Å². The molecule has 0 aromatic heterocycles. The van der Waals surface area contributed by atoms with Crippen molar-refractivity contribution in [2.45, 2.75) is 19.4 Å². The van der Waals surface area contributed by atoms with Crippen LogP contribution in [0.3, 0.4) is 0 Å². The fourth-order valence-corrected chi connectivity index (χ4v) is 4.62. The van der Waals surface area contributed by atoms with Gasteiger partial charge in [-0.05, 0) is 62.0 Å². The molecule has 174 valence electrons. The predicted octanol–water partition coefficient (Wildman–Crippen LogP) is 2.71. The first-order chi connectivity index (χ1) is 15.4. The zero-order valence-electron chi connectivity index (χ0n) is 18.5. The largest absolute Gasteiger partial charge is 0.405 e. The van der Waals surface area contributed by atoms with Crippen molar-refractivity contribution in [3.63, 3.8) is 0 Å². The summed E-state index contributed by atoms with van der Waals surface area (Å²) in [7, 11) is 0. The van der Waals surface area contributed by atoms with Gasteiger partial charge in [-0.2, -0.15) is 0 Å². The molecule has 0 unspecified atom stereocenters. The van der Waals surface area contributed by atoms with E-state index in [0.717, 1.165) is 51.1 Å². The molecular formula is C24H33ClFN5O. The number of nitrogens with two attached hydrogens (primary N) is 2. The number of hydrogen-bond donors (Lipinski definition) is 2. The summed E-state index contributed by atoms with van der Waals surface area (Å²) in [5, 5.41) is 0.450. The Morgan fingerprint density at radius 3 is 2.44 bits per heavy atom. The van der Waals surface area contributed by atoms with Crippen LogP contribution in [-0.2, 0) is 11.3 Å². The summed E-state index contributed by atoms with van der Waals surface area (Å²) in [6.07, 6.45) is 6.85. The van der Waals surface area contributed by atoms with E-state index >= 15 is 0 Å². The summed E-state index contributed by atoms with van der Waals surface area (Å²) in [6, 6.07) is 4.76. The highest BCUT2D eigenvalue weighted by molar-refractivity contribution is 6.31. The molecule has 1 aromatic carbocycles. The van der Waals surface area contributed by atoms with Crippen LogP contribution in [0.5, 0.6) is 0 Å². The van der Waals surface area contributed by atoms with Crippen molar-refractivity contribution in [1.29, 1.82) is 0 Å². The van der Waals surface area contributed by atoms with Gasteiger partial charge in [0, 0.05) is 61.5 Å². The van der Waals surface area contributed by atoms with Crippen molar-refractivity contribution in [2.75, 3.05) is 45.8 Å². The molecule has 3 rings (SSSR count). The molecule has 0 spiro atoms. The molecule has 8 heteroatoms. The average Bonchev–Trinajstić information content (AvgIpc) is 2.77. The molecule has 2 aliphatic heterocycles. The summed E-state index contributed by atoms with van der Waals surface area (Å²) in [6.45, 7) is 9.41. The van der Waals surface area contributed by atoms with Gasteiger partial charge in [0.2, 0.25) is 5.91 Å². The minimum absolute atomic E-state index is 0.0563. The van der Waals surface area contributed by atoms with Gasteiger partial charge >= 0.3 is 0 Å². The predicted molar refractivity (Wildman–Crippen MR) is 127 cm³/mol. The average molecular weight is 462 g/mol. The van der Waals surface area contributed by atoms with E-state index in [1.807, 2.05) is 17.1 Å². The van der Waals surface area contributed by atoms with Crippen molar-refractivity contribution < 1.29 is 9.18 Å². The van der Waals surface area contributed by atoms with Crippen LogP contribution in [-0.4, -0.2) is 66.4 Å². The van der Waals surface area contributed by atoms with E-state index in [2.05, 4.69) is 16.4 Å². The maximum absolute atomic E-state index is 14.1. The molecule has 2 fully saturated rings. The van der Waals surface area contributed by atoms with Crippen LogP contribution in [0.2, 0.25) is 5.02 Å². The molecule has 0 bridgehead atoms. The number of benzene rings is 1. The molecule has 0 radical (unpaired) electrons. The van der Waals surface area contributed by atoms with Crippen LogP contribution in [0.25, 0.3) is 0 Å². The van der Waals surface area contributed by atoms with Gasteiger partial charge in [0.25, 0.3) is 0 Å². The van der Waals surface area contributed by atoms with Crippen molar-refractivity contribution in [2.24, 2.45) is 17.4 Å². The molecule has 2 aliphatic rings. The zero-order chi connectivity index (χ0) is 23.1. The van der Waals surface area contributed by atoms with Crippen LogP contribution < -0.4 is 11.5 Å². The lowest BCUT2D eigenvalue weighted by Crippen LogP contribution is -2.51. The van der Waals surface area contributed by atoms with Gasteiger partial charge in [0.15, 0.2) is 0 Å². The first-order valence-electron chi connectivity index (χ1n) is 11.1. The van der Waals surface area contributed by atoms with Gasteiger partial charge < -0.3 is 16.4 Å². The standard InChI is InChI=1S/C24H33ClFN5O/c1-18(28)15-19(5-8-27)16-29-9-6-20(7-10-29)24(32)31-13-11-30(12-14-31)17-21-22(25)3-2-4-23(21)26/h2-5,8,15,20H,1,6-7,9-14,16-17,27-28H2/b8-5-,19-15+. The Morgan fingerprint density at radius 2 is 1.84 bits per heavy atom. The second-order valence-electron chi connectivity index (χ2n) is 8.51. The highest BCUT2D eigenvalue weighted by Crippen LogP contribution is 2.24. The van der Waals surface area contributed by atoms with E-state index in [-0.39, 0.29) is 17.6 Å². The Kier molecular flexibility index (Phi) is 8.73. The number of hydrogen-bond acceptors (Lipinski definition) is 5. The Morgan fingerprint density at radius 1 is 1.16 bits per heavy atom. The molecule has 2 heterocycles. The van der Waals surface area contributed by atoms with E-state index in [4.69, 9.17) is 23.1 Å². The molecule has 1 amide bonds. The van der Waals surface area contributed by atoms with Crippen molar-refractivity contribution in [1.82, 2.24) is 14.7 Å². The summed E-state index contributed by atoms with van der Waals surface area (Å²) in [5.74, 6) is 0.0143. The van der Waals surface area contributed by atoms with Crippen LogP contribution in [0.15, 0.2) is 54.4 Å². The summed E-state index contributed by atoms with van der Waals surface area (Å²) in [4.78, 5) is 19.5. The maximum atomic E-state index is 14.1. The Hall–Kier alpha value is -2.35. The summed E-state index contributed by atoms with van der Waals surface area (Å²) < 4.78 is 14.1. The topological polar surface area (TPSA) is 78.8 Å². The highest BCUT2D eigenvalue weighted by Gasteiger charge is 2.30. The minimum Gasteiger partial charge on any atom is -0.405 e. The van der Waals surface area contributed by atoms with Gasteiger partial charge in [0.1, 0.15) is 5.82 Å². The molecule has 0 aliphatic carbocycles. The smallest absolute Gasteiger partial charge is 0.225 e. The lowest BCUT2D eigenvalue weighted by atomic mass is 9.94. The third kappa shape index (κ3) is 6.58. The van der Waals surface area contributed by atoms with Crippen molar-refractivity contribution in [3.8, 4) is 0 Å². The highest BCUT2D eigenvalue weighted by atomic mass is 35.5. The fourth-order valence-electron chi connectivity index (χ4n) is 4.40. The molecule has 6 nitrogen and oxygen atoms in total. The number of rotatable bonds is 7. The van der Waals surface area contributed by atoms with Crippen LogP contribution in [0.4, 0.5) is 4.39 Å². The van der Waals surface area contributed by atoms with Gasteiger partial charge in [-0.3, -0.25) is 14.6 Å². The minimum atomic E-state index is -0.279. The Balaban J connectivity index is 1.46. The molecule has 0 atom stereocenters. The normalized spacial score (nSPS) is 19.6. The SMILES string of the molecule is C=C(N)/C=C(\C=C/N)CN1CCC(C(=O)N2CCN(Cc3c(F)cccc3Cl)CC2)CC1. The fraction of sp³-hybridized carbons (Fsp3) is 0.458. The number of likely N-dealkylation sites (tertiary alicyclic amines) is 1. The first kappa shape index (κ1) is 24.3. The maximum Gasteiger partial charge on any atom is 0.225 e. The number of halogens is 2. The van der Waals surface area contributed by atoms with Crippen LogP contribution in [0.1, 0.15) is 18.4 Å². The molecule has 2 saturated heterocycles. The van der Waals surface area contributed by atoms with Gasteiger partial charge in [-0.1, -0.05) is 24.2 Å². The first-order valence-corrected chi connectivity index (χ1v) is 11.4. The number of piperidine rings is 1. The lowest BCUT2D eigenvalue weighted by Gasteiger charge is -2.38. The number of nitrogens with zero attached hydrogens (tertiary/aromatic N) is 3. The second kappa shape index (κ2) is 11.5. The number of piperazine rings is 1. The van der Waals surface area contributed by atoms with Crippen LogP contribution >= 0.6 is 11.6 Å². The number of carbonyl (C=O) groups excluding carboxylic acids is 1. The Bertz CT molecular complexity index is 851. The number of carbonyl (C=O) groups is 1. The monoisotopic (exact) mass is 461 g/mol.